The maximum Gasteiger partial charge on any atom is 0.258 e. The Morgan fingerprint density at radius 3 is 2.82 bits per heavy atom. The zero-order valence-electron chi connectivity index (χ0n) is 14.4. The summed E-state index contributed by atoms with van der Waals surface area (Å²) in [4.78, 5) is 16.8. The third-order valence-corrected chi connectivity index (χ3v) is 5.51. The highest BCUT2D eigenvalue weighted by molar-refractivity contribution is 9.10. The molecule has 0 unspecified atom stereocenters. The van der Waals surface area contributed by atoms with Crippen LogP contribution in [0, 0.1) is 5.82 Å². The second-order valence-corrected chi connectivity index (χ2v) is 7.85. The molecule has 0 radical (unpaired) electrons. The van der Waals surface area contributed by atoms with Crippen LogP contribution in [-0.4, -0.2) is 24.3 Å². The van der Waals surface area contributed by atoms with Gasteiger partial charge in [-0.1, -0.05) is 30.0 Å². The number of halogens is 2. The van der Waals surface area contributed by atoms with Crippen molar-refractivity contribution in [3.05, 3.63) is 86.4 Å². The zero-order valence-corrected chi connectivity index (χ0v) is 16.8. The number of nitrogens with zero attached hydrogens (tertiary/aromatic N) is 5. The van der Waals surface area contributed by atoms with Crippen LogP contribution in [0.25, 0.3) is 5.65 Å². The largest absolute Gasteiger partial charge is 0.336 e. The number of thioether (sulfide) groups is 1. The van der Waals surface area contributed by atoms with Crippen LogP contribution < -0.4 is 11.4 Å². The van der Waals surface area contributed by atoms with Crippen LogP contribution in [0.4, 0.5) is 4.39 Å². The van der Waals surface area contributed by atoms with Gasteiger partial charge in [-0.25, -0.2) is 14.1 Å². The van der Waals surface area contributed by atoms with E-state index in [0.29, 0.717) is 33.6 Å². The fraction of sp³-hybridized carbons (Fsp3) is 0.111. The number of nitrogens with two attached hydrogens (primary N) is 1. The van der Waals surface area contributed by atoms with Crippen molar-refractivity contribution in [2.75, 3.05) is 5.84 Å². The first-order valence-electron chi connectivity index (χ1n) is 8.24. The molecule has 0 saturated heterocycles. The van der Waals surface area contributed by atoms with Crippen molar-refractivity contribution in [2.24, 2.45) is 0 Å². The molecular formula is C18H14BrFN6OS. The molecule has 0 aliphatic carbocycles. The van der Waals surface area contributed by atoms with Gasteiger partial charge in [-0.05, 0) is 39.7 Å². The molecule has 142 valence electrons. The normalized spacial score (nSPS) is 11.2. The van der Waals surface area contributed by atoms with E-state index in [1.165, 1.54) is 33.0 Å². The van der Waals surface area contributed by atoms with Gasteiger partial charge >= 0.3 is 0 Å². The summed E-state index contributed by atoms with van der Waals surface area (Å²) in [6, 6.07) is 11.5. The molecule has 0 aliphatic rings. The smallest absolute Gasteiger partial charge is 0.258 e. The molecule has 0 atom stereocenters. The Hall–Kier alpha value is -2.72. The Balaban J connectivity index is 1.52. The molecule has 28 heavy (non-hydrogen) atoms. The fourth-order valence-corrected chi connectivity index (χ4v) is 3.78. The van der Waals surface area contributed by atoms with Crippen LogP contribution in [0.2, 0.25) is 0 Å². The Bertz CT molecular complexity index is 1220. The Morgan fingerprint density at radius 1 is 1.18 bits per heavy atom. The molecule has 0 fully saturated rings. The van der Waals surface area contributed by atoms with Crippen LogP contribution in [0.15, 0.2) is 63.1 Å². The maximum atomic E-state index is 13.8. The standard InChI is InChI=1S/C18H14BrFN6OS/c19-12-5-6-15-22-13(8-17(27)25(15)9-12)10-28-18-24-23-16(26(18)21)7-11-3-1-2-4-14(11)20/h1-6,8-9H,7,10,21H2. The lowest BCUT2D eigenvalue weighted by Gasteiger charge is -2.06. The summed E-state index contributed by atoms with van der Waals surface area (Å²) >= 11 is 4.64. The Labute approximate surface area is 171 Å². The predicted molar refractivity (Wildman–Crippen MR) is 108 cm³/mol. The van der Waals surface area contributed by atoms with Crippen LogP contribution in [0.5, 0.6) is 0 Å². The quantitative estimate of drug-likeness (QED) is 0.363. The maximum absolute atomic E-state index is 13.8. The third kappa shape index (κ3) is 3.78. The first-order valence-corrected chi connectivity index (χ1v) is 10.0. The third-order valence-electron chi connectivity index (χ3n) is 4.07. The van der Waals surface area contributed by atoms with Crippen molar-refractivity contribution < 1.29 is 4.39 Å². The molecule has 4 rings (SSSR count). The molecule has 10 heteroatoms. The summed E-state index contributed by atoms with van der Waals surface area (Å²) in [5.74, 6) is 6.59. The number of hydrogen-bond donors (Lipinski definition) is 1. The number of aromatic nitrogens is 5. The molecule has 3 heterocycles. The first kappa shape index (κ1) is 18.6. The lowest BCUT2D eigenvalue weighted by Crippen LogP contribution is -2.16. The van der Waals surface area contributed by atoms with Crippen molar-refractivity contribution in [1.82, 2.24) is 24.3 Å². The van der Waals surface area contributed by atoms with Crippen molar-refractivity contribution in [3.8, 4) is 0 Å². The fourth-order valence-electron chi connectivity index (χ4n) is 2.68. The van der Waals surface area contributed by atoms with Gasteiger partial charge in [-0.2, -0.15) is 0 Å². The highest BCUT2D eigenvalue weighted by Gasteiger charge is 2.13. The van der Waals surface area contributed by atoms with Gasteiger partial charge < -0.3 is 5.84 Å². The van der Waals surface area contributed by atoms with Crippen LogP contribution >= 0.6 is 27.7 Å². The van der Waals surface area contributed by atoms with Crippen LogP contribution in [0.3, 0.4) is 0 Å². The van der Waals surface area contributed by atoms with Crippen molar-refractivity contribution >= 4 is 33.3 Å². The van der Waals surface area contributed by atoms with Gasteiger partial charge in [-0.3, -0.25) is 9.20 Å². The zero-order chi connectivity index (χ0) is 19.7. The van der Waals surface area contributed by atoms with E-state index in [1.807, 2.05) is 6.07 Å². The molecule has 3 aromatic heterocycles. The van der Waals surface area contributed by atoms with Crippen LogP contribution in [-0.2, 0) is 12.2 Å². The van der Waals surface area contributed by atoms with Gasteiger partial charge in [0.15, 0.2) is 5.82 Å². The average molecular weight is 461 g/mol. The van der Waals surface area contributed by atoms with E-state index >= 15 is 0 Å². The molecular weight excluding hydrogens is 447 g/mol. The minimum atomic E-state index is -0.313. The Morgan fingerprint density at radius 2 is 2.00 bits per heavy atom. The highest BCUT2D eigenvalue weighted by atomic mass is 79.9. The van der Waals surface area contributed by atoms with E-state index in [-0.39, 0.29) is 17.8 Å². The summed E-state index contributed by atoms with van der Waals surface area (Å²) in [5, 5.41) is 8.58. The van der Waals surface area contributed by atoms with Crippen molar-refractivity contribution in [3.63, 3.8) is 0 Å². The summed E-state index contributed by atoms with van der Waals surface area (Å²) in [6.45, 7) is 0. The lowest BCUT2D eigenvalue weighted by molar-refractivity contribution is 0.610. The topological polar surface area (TPSA) is 91.1 Å². The summed E-state index contributed by atoms with van der Waals surface area (Å²) in [7, 11) is 0. The highest BCUT2D eigenvalue weighted by Crippen LogP contribution is 2.21. The second kappa shape index (κ2) is 7.72. The molecule has 0 spiro atoms. The molecule has 7 nitrogen and oxygen atoms in total. The minimum Gasteiger partial charge on any atom is -0.336 e. The molecule has 0 saturated carbocycles. The van der Waals surface area contributed by atoms with E-state index in [4.69, 9.17) is 5.84 Å². The average Bonchev–Trinajstić information content (AvgIpc) is 3.02. The summed E-state index contributed by atoms with van der Waals surface area (Å²) in [5.41, 5.74) is 1.49. The summed E-state index contributed by atoms with van der Waals surface area (Å²) < 4.78 is 17.4. The molecule has 0 amide bonds. The first-order chi connectivity index (χ1) is 13.5. The van der Waals surface area contributed by atoms with E-state index in [2.05, 4.69) is 31.1 Å². The molecule has 1 aromatic carbocycles. The molecule has 0 aliphatic heterocycles. The van der Waals surface area contributed by atoms with E-state index < -0.39 is 0 Å². The molecule has 4 aromatic rings. The number of benzene rings is 1. The number of fused-ring (bicyclic) bond motifs is 1. The Kier molecular flexibility index (Phi) is 5.14. The molecule has 0 bridgehead atoms. The van der Waals surface area contributed by atoms with Gasteiger partial charge in [-0.15, -0.1) is 10.2 Å². The van der Waals surface area contributed by atoms with E-state index in [1.54, 1.807) is 30.5 Å². The monoisotopic (exact) mass is 460 g/mol. The SMILES string of the molecule is Nn1c(Cc2ccccc2F)nnc1SCc1cc(=O)n2cc(Br)ccc2n1. The minimum absolute atomic E-state index is 0.170. The number of hydrogen-bond acceptors (Lipinski definition) is 6. The van der Waals surface area contributed by atoms with E-state index in [0.717, 1.165) is 4.47 Å². The van der Waals surface area contributed by atoms with Gasteiger partial charge in [0.1, 0.15) is 11.5 Å². The predicted octanol–water partition coefficient (Wildman–Crippen LogP) is 2.78. The van der Waals surface area contributed by atoms with Crippen molar-refractivity contribution in [2.45, 2.75) is 17.3 Å². The van der Waals surface area contributed by atoms with Gasteiger partial charge in [0.2, 0.25) is 5.16 Å². The van der Waals surface area contributed by atoms with E-state index in [9.17, 15) is 9.18 Å². The van der Waals surface area contributed by atoms with Gasteiger partial charge in [0, 0.05) is 28.9 Å². The molecule has 2 N–H and O–H groups in total. The second-order valence-electron chi connectivity index (χ2n) is 5.99. The number of pyridine rings is 1. The van der Waals surface area contributed by atoms with Gasteiger partial charge in [0.25, 0.3) is 5.56 Å². The number of nitrogen functional groups attached to an aromatic ring is 1. The van der Waals surface area contributed by atoms with Crippen molar-refractivity contribution in [1.29, 1.82) is 0 Å². The van der Waals surface area contributed by atoms with Gasteiger partial charge in [0.05, 0.1) is 5.69 Å². The number of rotatable bonds is 5. The summed E-state index contributed by atoms with van der Waals surface area (Å²) in [6.07, 6.45) is 1.91. The van der Waals surface area contributed by atoms with Crippen LogP contribution in [0.1, 0.15) is 17.1 Å². The lowest BCUT2D eigenvalue weighted by atomic mass is 10.1.